The summed E-state index contributed by atoms with van der Waals surface area (Å²) in [4.78, 5) is 31.4. The van der Waals surface area contributed by atoms with Gasteiger partial charge >= 0.3 is 0 Å². The highest BCUT2D eigenvalue weighted by molar-refractivity contribution is 5.79. The third-order valence-electron chi connectivity index (χ3n) is 6.06. The molecule has 2 amide bonds. The standard InChI is InChI=1S/C23H36N4O2/c1-19-8-3-4-9-21(19)16-20(2)24-22(28)17-25-10-7-11-26(15-14-25)18-23(29)27-12-5-6-13-27/h3-4,8-9,20H,5-7,10-18H2,1-2H3,(H,24,28). The van der Waals surface area contributed by atoms with Crippen LogP contribution in [-0.2, 0) is 16.0 Å². The molecule has 3 rings (SSSR count). The van der Waals surface area contributed by atoms with Crippen LogP contribution in [0, 0.1) is 6.92 Å². The van der Waals surface area contributed by atoms with Gasteiger partial charge in [-0.1, -0.05) is 24.3 Å². The summed E-state index contributed by atoms with van der Waals surface area (Å²) in [6.45, 7) is 10.5. The second-order valence-corrected chi connectivity index (χ2v) is 8.59. The smallest absolute Gasteiger partial charge is 0.236 e. The van der Waals surface area contributed by atoms with E-state index in [9.17, 15) is 9.59 Å². The van der Waals surface area contributed by atoms with Gasteiger partial charge in [0.2, 0.25) is 11.8 Å². The van der Waals surface area contributed by atoms with Gasteiger partial charge in [0.1, 0.15) is 0 Å². The summed E-state index contributed by atoms with van der Waals surface area (Å²) < 4.78 is 0. The fraction of sp³-hybridized carbons (Fsp3) is 0.652. The molecular weight excluding hydrogens is 364 g/mol. The van der Waals surface area contributed by atoms with E-state index in [1.54, 1.807) is 0 Å². The van der Waals surface area contributed by atoms with Gasteiger partial charge in [0.15, 0.2) is 0 Å². The lowest BCUT2D eigenvalue weighted by atomic mass is 10.0. The van der Waals surface area contributed by atoms with Gasteiger partial charge in [-0.25, -0.2) is 0 Å². The van der Waals surface area contributed by atoms with Crippen molar-refractivity contribution in [2.45, 2.75) is 45.6 Å². The zero-order chi connectivity index (χ0) is 20.6. The first kappa shape index (κ1) is 21.8. The van der Waals surface area contributed by atoms with E-state index in [0.717, 1.165) is 65.0 Å². The summed E-state index contributed by atoms with van der Waals surface area (Å²) in [6, 6.07) is 8.45. The summed E-state index contributed by atoms with van der Waals surface area (Å²) in [6.07, 6.45) is 4.12. The van der Waals surface area contributed by atoms with Gasteiger partial charge in [-0.3, -0.25) is 19.4 Å². The molecule has 0 bridgehead atoms. The summed E-state index contributed by atoms with van der Waals surface area (Å²) >= 11 is 0. The largest absolute Gasteiger partial charge is 0.352 e. The zero-order valence-electron chi connectivity index (χ0n) is 18.0. The Kier molecular flexibility index (Phi) is 8.07. The molecule has 0 radical (unpaired) electrons. The molecule has 1 aromatic carbocycles. The number of carbonyl (C=O) groups excluding carboxylic acids is 2. The van der Waals surface area contributed by atoms with E-state index in [4.69, 9.17) is 0 Å². The molecule has 0 spiro atoms. The van der Waals surface area contributed by atoms with Crippen LogP contribution in [-0.4, -0.2) is 84.9 Å². The molecule has 1 atom stereocenters. The number of aryl methyl sites for hydroxylation is 1. The predicted octanol–water partition coefficient (Wildman–Crippen LogP) is 1.67. The van der Waals surface area contributed by atoms with Crippen molar-refractivity contribution in [1.82, 2.24) is 20.0 Å². The lowest BCUT2D eigenvalue weighted by Gasteiger charge is -2.24. The van der Waals surface area contributed by atoms with Crippen LogP contribution >= 0.6 is 0 Å². The van der Waals surface area contributed by atoms with E-state index in [0.29, 0.717) is 13.1 Å². The molecule has 2 fully saturated rings. The maximum atomic E-state index is 12.5. The topological polar surface area (TPSA) is 55.9 Å². The monoisotopic (exact) mass is 400 g/mol. The Morgan fingerprint density at radius 2 is 1.59 bits per heavy atom. The van der Waals surface area contributed by atoms with Crippen LogP contribution < -0.4 is 5.32 Å². The number of rotatable bonds is 7. The SMILES string of the molecule is Cc1ccccc1CC(C)NC(=O)CN1CCCN(CC(=O)N2CCCC2)CC1. The van der Waals surface area contributed by atoms with Crippen molar-refractivity contribution in [2.24, 2.45) is 0 Å². The Hall–Kier alpha value is -1.92. The van der Waals surface area contributed by atoms with Gasteiger partial charge in [-0.2, -0.15) is 0 Å². The van der Waals surface area contributed by atoms with Gasteiger partial charge < -0.3 is 10.2 Å². The minimum absolute atomic E-state index is 0.0904. The normalized spacial score (nSPS) is 19.7. The average Bonchev–Trinajstić information content (AvgIpc) is 3.14. The molecule has 160 valence electrons. The van der Waals surface area contributed by atoms with Gasteiger partial charge in [-0.05, 0) is 63.7 Å². The third-order valence-corrected chi connectivity index (χ3v) is 6.06. The molecule has 0 saturated carbocycles. The van der Waals surface area contributed by atoms with Crippen molar-refractivity contribution in [3.8, 4) is 0 Å². The second kappa shape index (κ2) is 10.7. The molecule has 6 heteroatoms. The summed E-state index contributed by atoms with van der Waals surface area (Å²) in [5.74, 6) is 0.353. The second-order valence-electron chi connectivity index (χ2n) is 8.59. The first-order chi connectivity index (χ1) is 14.0. The van der Waals surface area contributed by atoms with Crippen LogP contribution in [0.25, 0.3) is 0 Å². The lowest BCUT2D eigenvalue weighted by Crippen LogP contribution is -2.43. The summed E-state index contributed by atoms with van der Waals surface area (Å²) in [5, 5.41) is 3.15. The van der Waals surface area contributed by atoms with Crippen LogP contribution in [0.15, 0.2) is 24.3 Å². The minimum atomic E-state index is 0.0904. The van der Waals surface area contributed by atoms with Gasteiger partial charge in [0.25, 0.3) is 0 Å². The van der Waals surface area contributed by atoms with Crippen LogP contribution in [0.2, 0.25) is 0 Å². The van der Waals surface area contributed by atoms with Gasteiger partial charge in [0.05, 0.1) is 13.1 Å². The van der Waals surface area contributed by atoms with E-state index in [-0.39, 0.29) is 17.9 Å². The van der Waals surface area contributed by atoms with E-state index < -0.39 is 0 Å². The number of hydrogen-bond donors (Lipinski definition) is 1. The molecule has 2 aliphatic rings. The molecule has 1 N–H and O–H groups in total. The molecule has 0 aliphatic carbocycles. The van der Waals surface area contributed by atoms with Gasteiger partial charge in [0, 0.05) is 32.2 Å². The molecule has 2 heterocycles. The van der Waals surface area contributed by atoms with Crippen molar-refractivity contribution >= 4 is 11.8 Å². The predicted molar refractivity (Wildman–Crippen MR) is 116 cm³/mol. The Bertz CT molecular complexity index is 687. The highest BCUT2D eigenvalue weighted by atomic mass is 16.2. The lowest BCUT2D eigenvalue weighted by molar-refractivity contribution is -0.131. The van der Waals surface area contributed by atoms with E-state index in [2.05, 4.69) is 41.1 Å². The van der Waals surface area contributed by atoms with Crippen LogP contribution in [0.3, 0.4) is 0 Å². The first-order valence-electron chi connectivity index (χ1n) is 11.1. The highest BCUT2D eigenvalue weighted by Crippen LogP contribution is 2.11. The number of nitrogens with zero attached hydrogens (tertiary/aromatic N) is 3. The third kappa shape index (κ3) is 6.82. The molecule has 2 saturated heterocycles. The molecule has 1 aromatic rings. The molecule has 29 heavy (non-hydrogen) atoms. The van der Waals surface area contributed by atoms with Crippen molar-refractivity contribution in [3.63, 3.8) is 0 Å². The van der Waals surface area contributed by atoms with Crippen molar-refractivity contribution < 1.29 is 9.59 Å². The molecule has 2 aliphatic heterocycles. The number of hydrogen-bond acceptors (Lipinski definition) is 4. The van der Waals surface area contributed by atoms with Crippen LogP contribution in [0.5, 0.6) is 0 Å². The molecule has 6 nitrogen and oxygen atoms in total. The number of amides is 2. The Labute approximate surface area is 175 Å². The average molecular weight is 401 g/mol. The van der Waals surface area contributed by atoms with Crippen LogP contribution in [0.4, 0.5) is 0 Å². The Balaban J connectivity index is 1.39. The number of carbonyl (C=O) groups is 2. The number of likely N-dealkylation sites (tertiary alicyclic amines) is 1. The van der Waals surface area contributed by atoms with E-state index >= 15 is 0 Å². The minimum Gasteiger partial charge on any atom is -0.352 e. The maximum Gasteiger partial charge on any atom is 0.236 e. The van der Waals surface area contributed by atoms with Crippen LogP contribution in [0.1, 0.15) is 37.3 Å². The zero-order valence-corrected chi connectivity index (χ0v) is 18.0. The summed E-state index contributed by atoms with van der Waals surface area (Å²) in [7, 11) is 0. The highest BCUT2D eigenvalue weighted by Gasteiger charge is 2.23. The van der Waals surface area contributed by atoms with Crippen molar-refractivity contribution in [3.05, 3.63) is 35.4 Å². The molecule has 1 unspecified atom stereocenters. The van der Waals surface area contributed by atoms with Crippen molar-refractivity contribution in [1.29, 1.82) is 0 Å². The number of nitrogens with one attached hydrogen (secondary N) is 1. The Morgan fingerprint density at radius 1 is 0.931 bits per heavy atom. The fourth-order valence-corrected chi connectivity index (χ4v) is 4.34. The Morgan fingerprint density at radius 3 is 2.28 bits per heavy atom. The number of benzene rings is 1. The summed E-state index contributed by atoms with van der Waals surface area (Å²) in [5.41, 5.74) is 2.55. The van der Waals surface area contributed by atoms with Gasteiger partial charge in [-0.15, -0.1) is 0 Å². The molecule has 0 aromatic heterocycles. The van der Waals surface area contributed by atoms with E-state index in [1.807, 2.05) is 17.0 Å². The quantitative estimate of drug-likeness (QED) is 0.757. The maximum absolute atomic E-state index is 12.5. The first-order valence-corrected chi connectivity index (χ1v) is 11.1. The molecular formula is C23H36N4O2. The van der Waals surface area contributed by atoms with Crippen molar-refractivity contribution in [2.75, 3.05) is 52.4 Å². The van der Waals surface area contributed by atoms with E-state index in [1.165, 1.54) is 11.1 Å². The fourth-order valence-electron chi connectivity index (χ4n) is 4.34.